The molecule has 0 unspecified atom stereocenters. The van der Waals surface area contributed by atoms with E-state index in [4.69, 9.17) is 0 Å². The lowest BCUT2D eigenvalue weighted by atomic mass is 9.85. The first-order chi connectivity index (χ1) is 28.3. The van der Waals surface area contributed by atoms with Gasteiger partial charge in [0.05, 0.1) is 5.69 Å². The molecule has 0 aliphatic rings. The van der Waals surface area contributed by atoms with Crippen molar-refractivity contribution in [3.8, 4) is 55.6 Å². The van der Waals surface area contributed by atoms with E-state index in [-0.39, 0.29) is 0 Å². The lowest BCUT2D eigenvalue weighted by Crippen LogP contribution is -2.12. The van der Waals surface area contributed by atoms with Crippen LogP contribution < -0.4 is 4.90 Å². The third-order valence-corrected chi connectivity index (χ3v) is 11.1. The first-order valence-corrected chi connectivity index (χ1v) is 19.6. The zero-order valence-electron chi connectivity index (χ0n) is 31.5. The maximum atomic E-state index is 2.44. The molecule has 0 aromatic heterocycles. The molecule has 0 aliphatic carbocycles. The molecule has 0 spiro atoms. The Morgan fingerprint density at radius 3 is 1.28 bits per heavy atom. The van der Waals surface area contributed by atoms with E-state index in [1.165, 1.54) is 77.2 Å². The Bertz CT molecular complexity index is 2890. The van der Waals surface area contributed by atoms with Crippen molar-refractivity contribution in [3.63, 3.8) is 0 Å². The molecule has 0 saturated carbocycles. The number of rotatable bonds is 8. The second-order valence-electron chi connectivity index (χ2n) is 14.5. The van der Waals surface area contributed by atoms with Gasteiger partial charge in [0.15, 0.2) is 0 Å². The molecule has 0 fully saturated rings. The summed E-state index contributed by atoms with van der Waals surface area (Å²) in [5.41, 5.74) is 15.2. The molecule has 0 N–H and O–H groups in total. The van der Waals surface area contributed by atoms with Crippen LogP contribution in [-0.2, 0) is 0 Å². The quantitative estimate of drug-likeness (QED) is 0.141. The maximum Gasteiger partial charge on any atom is 0.0546 e. The largest absolute Gasteiger partial charge is 0.310 e. The van der Waals surface area contributed by atoms with Crippen LogP contribution in [0.5, 0.6) is 0 Å². The van der Waals surface area contributed by atoms with Crippen molar-refractivity contribution in [2.45, 2.75) is 0 Å². The molecule has 0 radical (unpaired) electrons. The minimum atomic E-state index is 1.09. The van der Waals surface area contributed by atoms with Gasteiger partial charge in [0.25, 0.3) is 0 Å². The Labute approximate surface area is 334 Å². The molecule has 1 nitrogen and oxygen atoms in total. The Balaban J connectivity index is 1.27. The summed E-state index contributed by atoms with van der Waals surface area (Å²) in [5.74, 6) is 0. The monoisotopic (exact) mass is 725 g/mol. The highest BCUT2D eigenvalue weighted by atomic mass is 15.1. The summed E-state index contributed by atoms with van der Waals surface area (Å²) in [6.07, 6.45) is 0. The Morgan fingerprint density at radius 2 is 0.684 bits per heavy atom. The second kappa shape index (κ2) is 15.0. The summed E-state index contributed by atoms with van der Waals surface area (Å²) in [7, 11) is 0. The van der Waals surface area contributed by atoms with E-state index in [2.05, 4.69) is 241 Å². The molecule has 10 aromatic carbocycles. The number of anilines is 3. The summed E-state index contributed by atoms with van der Waals surface area (Å²) >= 11 is 0. The van der Waals surface area contributed by atoms with Gasteiger partial charge in [-0.25, -0.2) is 0 Å². The van der Waals surface area contributed by atoms with Crippen molar-refractivity contribution >= 4 is 38.6 Å². The van der Waals surface area contributed by atoms with Gasteiger partial charge in [-0.15, -0.1) is 0 Å². The molecule has 10 rings (SSSR count). The van der Waals surface area contributed by atoms with Crippen LogP contribution in [-0.4, -0.2) is 0 Å². The van der Waals surface area contributed by atoms with Crippen molar-refractivity contribution in [1.82, 2.24) is 0 Å². The van der Waals surface area contributed by atoms with Gasteiger partial charge in [-0.1, -0.05) is 200 Å². The van der Waals surface area contributed by atoms with Gasteiger partial charge < -0.3 is 4.90 Å². The molecule has 0 heterocycles. The van der Waals surface area contributed by atoms with E-state index in [1.54, 1.807) is 0 Å². The predicted molar refractivity (Wildman–Crippen MR) is 243 cm³/mol. The van der Waals surface area contributed by atoms with Gasteiger partial charge in [-0.05, 0) is 108 Å². The molecular weight excluding hydrogens is 687 g/mol. The smallest absolute Gasteiger partial charge is 0.0546 e. The number of hydrogen-bond acceptors (Lipinski definition) is 1. The van der Waals surface area contributed by atoms with Crippen molar-refractivity contribution in [1.29, 1.82) is 0 Å². The standard InChI is InChI=1S/C56H39N/c1-4-17-40(18-5-1)42-31-35-46(36-32-42)57(47-37-33-43(34-38-47)41-19-6-2-7-20-41)55-30-16-29-53(51-27-13-12-24-48(51)44-21-8-3-9-22-44)56(55)54-39-45-23-10-11-25-49(45)50-26-14-15-28-52(50)54/h1-39H. The van der Waals surface area contributed by atoms with Crippen LogP contribution in [0, 0.1) is 0 Å². The van der Waals surface area contributed by atoms with E-state index in [0.717, 1.165) is 17.1 Å². The zero-order chi connectivity index (χ0) is 38.0. The van der Waals surface area contributed by atoms with E-state index in [1.807, 2.05) is 0 Å². The lowest BCUT2D eigenvalue weighted by Gasteiger charge is -2.30. The molecule has 1 heteroatoms. The zero-order valence-corrected chi connectivity index (χ0v) is 31.5. The Morgan fingerprint density at radius 1 is 0.246 bits per heavy atom. The minimum Gasteiger partial charge on any atom is -0.310 e. The van der Waals surface area contributed by atoms with Crippen LogP contribution in [0.3, 0.4) is 0 Å². The van der Waals surface area contributed by atoms with Gasteiger partial charge in [-0.3, -0.25) is 0 Å². The van der Waals surface area contributed by atoms with Crippen molar-refractivity contribution in [2.75, 3.05) is 4.90 Å². The molecule has 57 heavy (non-hydrogen) atoms. The van der Waals surface area contributed by atoms with Gasteiger partial charge in [0.2, 0.25) is 0 Å². The van der Waals surface area contributed by atoms with E-state index >= 15 is 0 Å². The minimum absolute atomic E-state index is 1.09. The number of benzene rings is 10. The number of nitrogens with zero attached hydrogens (tertiary/aromatic N) is 1. The van der Waals surface area contributed by atoms with Crippen LogP contribution in [0.2, 0.25) is 0 Å². The third-order valence-electron chi connectivity index (χ3n) is 11.1. The molecule has 268 valence electrons. The molecule has 0 aliphatic heterocycles. The highest BCUT2D eigenvalue weighted by molar-refractivity contribution is 6.17. The van der Waals surface area contributed by atoms with Gasteiger partial charge >= 0.3 is 0 Å². The van der Waals surface area contributed by atoms with Crippen molar-refractivity contribution in [3.05, 3.63) is 237 Å². The summed E-state index contributed by atoms with van der Waals surface area (Å²) in [6.45, 7) is 0. The third kappa shape index (κ3) is 6.46. The average molecular weight is 726 g/mol. The normalized spacial score (nSPS) is 11.2. The van der Waals surface area contributed by atoms with E-state index in [9.17, 15) is 0 Å². The highest BCUT2D eigenvalue weighted by Gasteiger charge is 2.24. The highest BCUT2D eigenvalue weighted by Crippen LogP contribution is 2.50. The Kier molecular flexibility index (Phi) is 8.95. The van der Waals surface area contributed by atoms with Crippen LogP contribution in [0.4, 0.5) is 17.1 Å². The fraction of sp³-hybridized carbons (Fsp3) is 0. The van der Waals surface area contributed by atoms with E-state index < -0.39 is 0 Å². The van der Waals surface area contributed by atoms with Crippen LogP contribution >= 0.6 is 0 Å². The van der Waals surface area contributed by atoms with Crippen molar-refractivity contribution in [2.24, 2.45) is 0 Å². The molecule has 0 bridgehead atoms. The first kappa shape index (κ1) is 34.0. The summed E-state index contributed by atoms with van der Waals surface area (Å²) in [5, 5.41) is 4.94. The average Bonchev–Trinajstić information content (AvgIpc) is 3.30. The van der Waals surface area contributed by atoms with Crippen molar-refractivity contribution < 1.29 is 0 Å². The van der Waals surface area contributed by atoms with Gasteiger partial charge in [-0.2, -0.15) is 0 Å². The van der Waals surface area contributed by atoms with E-state index in [0.29, 0.717) is 0 Å². The topological polar surface area (TPSA) is 3.24 Å². The number of hydrogen-bond donors (Lipinski definition) is 0. The molecule has 0 atom stereocenters. The van der Waals surface area contributed by atoms with Gasteiger partial charge in [0, 0.05) is 16.9 Å². The first-order valence-electron chi connectivity index (χ1n) is 19.6. The van der Waals surface area contributed by atoms with Crippen LogP contribution in [0.25, 0.3) is 77.2 Å². The number of fused-ring (bicyclic) bond motifs is 3. The maximum absolute atomic E-state index is 2.44. The molecule has 10 aromatic rings. The summed E-state index contributed by atoms with van der Waals surface area (Å²) < 4.78 is 0. The van der Waals surface area contributed by atoms with Crippen LogP contribution in [0.15, 0.2) is 237 Å². The fourth-order valence-corrected chi connectivity index (χ4v) is 8.38. The summed E-state index contributed by atoms with van der Waals surface area (Å²) in [6, 6.07) is 85.8. The fourth-order valence-electron chi connectivity index (χ4n) is 8.38. The predicted octanol–water partition coefficient (Wildman–Crippen LogP) is 15.8. The van der Waals surface area contributed by atoms with Gasteiger partial charge in [0.1, 0.15) is 0 Å². The molecular formula is C56H39N. The lowest BCUT2D eigenvalue weighted by molar-refractivity contribution is 1.28. The van der Waals surface area contributed by atoms with Crippen LogP contribution in [0.1, 0.15) is 0 Å². The second-order valence-corrected chi connectivity index (χ2v) is 14.5. The Hall–Kier alpha value is -7.48. The molecule has 0 saturated heterocycles. The molecule has 0 amide bonds. The summed E-state index contributed by atoms with van der Waals surface area (Å²) in [4.78, 5) is 2.44. The SMILES string of the molecule is c1ccc(-c2ccc(N(c3ccc(-c4ccccc4)cc3)c3cccc(-c4ccccc4-c4ccccc4)c3-c3cc4ccccc4c4ccccc34)cc2)cc1.